The van der Waals surface area contributed by atoms with Crippen LogP contribution in [0.3, 0.4) is 0 Å². The van der Waals surface area contributed by atoms with Gasteiger partial charge in [-0.2, -0.15) is 5.10 Å². The summed E-state index contributed by atoms with van der Waals surface area (Å²) in [4.78, 5) is 12.4. The van der Waals surface area contributed by atoms with Crippen LogP contribution in [0.2, 0.25) is 0 Å². The van der Waals surface area contributed by atoms with E-state index in [-0.39, 0.29) is 11.7 Å². The molecule has 0 aliphatic heterocycles. The molecule has 1 aromatic heterocycles. The van der Waals surface area contributed by atoms with E-state index in [0.717, 1.165) is 40.7 Å². The van der Waals surface area contributed by atoms with Gasteiger partial charge in [-0.3, -0.25) is 9.36 Å². The molecule has 2 aromatic carbocycles. The van der Waals surface area contributed by atoms with E-state index < -0.39 is 0 Å². The molecule has 1 fully saturated rings. The topological polar surface area (TPSA) is 81.4 Å². The first-order valence-electron chi connectivity index (χ1n) is 11.2. The fraction of sp³-hybridized carbons (Fsp3) is 0.360. The minimum Gasteiger partial charge on any atom is -0.497 e. The number of carbonyl (C=O) groups excluding carboxylic acids is 1. The average molecular weight is 464 g/mol. The molecule has 0 spiro atoms. The number of aromatic nitrogens is 3. The van der Waals surface area contributed by atoms with Crippen molar-refractivity contribution in [2.24, 2.45) is 5.10 Å². The molecule has 0 bridgehead atoms. The summed E-state index contributed by atoms with van der Waals surface area (Å²) in [6.45, 7) is 2.08. The summed E-state index contributed by atoms with van der Waals surface area (Å²) in [6, 6.07) is 16.2. The molecule has 7 nitrogen and oxygen atoms in total. The third-order valence-corrected chi connectivity index (χ3v) is 6.69. The second-order valence-electron chi connectivity index (χ2n) is 8.19. The molecule has 4 rings (SSSR count). The predicted octanol–water partition coefficient (Wildman–Crippen LogP) is 5.01. The molecular formula is C25H29N5O2S. The van der Waals surface area contributed by atoms with E-state index in [1.807, 2.05) is 24.3 Å². The first-order chi connectivity index (χ1) is 16.1. The average Bonchev–Trinajstić information content (AvgIpc) is 3.28. The Morgan fingerprint density at radius 1 is 1.18 bits per heavy atom. The zero-order valence-electron chi connectivity index (χ0n) is 19.0. The maximum absolute atomic E-state index is 12.4. The zero-order valence-corrected chi connectivity index (χ0v) is 19.8. The number of thioether (sulfide) groups is 1. The van der Waals surface area contributed by atoms with E-state index in [0.29, 0.717) is 6.04 Å². The van der Waals surface area contributed by atoms with Gasteiger partial charge in [0.2, 0.25) is 0 Å². The van der Waals surface area contributed by atoms with Gasteiger partial charge in [0.25, 0.3) is 5.91 Å². The highest BCUT2D eigenvalue weighted by Crippen LogP contribution is 2.35. The van der Waals surface area contributed by atoms with Crippen LogP contribution in [0.15, 0.2) is 58.8 Å². The Balaban J connectivity index is 1.44. The molecule has 0 saturated heterocycles. The minimum atomic E-state index is -0.186. The van der Waals surface area contributed by atoms with Gasteiger partial charge in [-0.15, -0.1) is 10.2 Å². The summed E-state index contributed by atoms with van der Waals surface area (Å²) in [5.41, 5.74) is 5.71. The lowest BCUT2D eigenvalue weighted by atomic mass is 9.95. The van der Waals surface area contributed by atoms with Gasteiger partial charge in [0.05, 0.1) is 19.1 Å². The standard InChI is InChI=1S/C25H29N5O2S/c1-18-11-13-20(14-12-18)24-28-29-25(30(24)21-8-4-3-5-9-21)33-17-23(31)27-26-16-19-7-6-10-22(15-19)32-2/h6-7,10-16,21H,3-5,8-9,17H2,1-2H3,(H,27,31)/b26-16-. The molecule has 3 aromatic rings. The van der Waals surface area contributed by atoms with Crippen molar-refractivity contribution in [1.82, 2.24) is 20.2 Å². The highest BCUT2D eigenvalue weighted by Gasteiger charge is 2.24. The third-order valence-electron chi connectivity index (χ3n) is 5.74. The molecule has 33 heavy (non-hydrogen) atoms. The highest BCUT2D eigenvalue weighted by molar-refractivity contribution is 7.99. The lowest BCUT2D eigenvalue weighted by Gasteiger charge is -2.25. The second-order valence-corrected chi connectivity index (χ2v) is 9.14. The Kier molecular flexibility index (Phi) is 7.78. The molecular weight excluding hydrogens is 434 g/mol. The van der Waals surface area contributed by atoms with Gasteiger partial charge in [-0.05, 0) is 37.5 Å². The molecule has 0 unspecified atom stereocenters. The van der Waals surface area contributed by atoms with E-state index in [2.05, 4.69) is 56.5 Å². The van der Waals surface area contributed by atoms with Gasteiger partial charge >= 0.3 is 0 Å². The molecule has 0 radical (unpaired) electrons. The summed E-state index contributed by atoms with van der Waals surface area (Å²) in [5, 5.41) is 13.8. The van der Waals surface area contributed by atoms with Crippen LogP contribution in [-0.4, -0.2) is 39.7 Å². The van der Waals surface area contributed by atoms with Gasteiger partial charge in [0.1, 0.15) is 5.75 Å². The van der Waals surface area contributed by atoms with Crippen LogP contribution in [-0.2, 0) is 4.79 Å². The number of methoxy groups -OCH3 is 1. The lowest BCUT2D eigenvalue weighted by molar-refractivity contribution is -0.118. The molecule has 172 valence electrons. The molecule has 1 N–H and O–H groups in total. The van der Waals surface area contributed by atoms with Crippen LogP contribution >= 0.6 is 11.8 Å². The lowest BCUT2D eigenvalue weighted by Crippen LogP contribution is -2.20. The summed E-state index contributed by atoms with van der Waals surface area (Å²) in [7, 11) is 1.62. The van der Waals surface area contributed by atoms with E-state index in [1.165, 1.54) is 36.6 Å². The van der Waals surface area contributed by atoms with Crippen LogP contribution in [0.1, 0.15) is 49.3 Å². The van der Waals surface area contributed by atoms with Crippen molar-refractivity contribution in [3.63, 3.8) is 0 Å². The van der Waals surface area contributed by atoms with Crippen molar-refractivity contribution in [3.05, 3.63) is 59.7 Å². The van der Waals surface area contributed by atoms with E-state index in [4.69, 9.17) is 4.74 Å². The van der Waals surface area contributed by atoms with Crippen LogP contribution in [0.5, 0.6) is 5.75 Å². The second kappa shape index (κ2) is 11.1. The number of nitrogens with one attached hydrogen (secondary N) is 1. The quantitative estimate of drug-likeness (QED) is 0.288. The number of ether oxygens (including phenoxy) is 1. The molecule has 1 amide bonds. The number of amides is 1. The van der Waals surface area contributed by atoms with Gasteiger partial charge in [0, 0.05) is 11.6 Å². The fourth-order valence-corrected chi connectivity index (χ4v) is 4.80. The largest absolute Gasteiger partial charge is 0.497 e. The van der Waals surface area contributed by atoms with E-state index in [1.54, 1.807) is 13.3 Å². The number of rotatable bonds is 8. The summed E-state index contributed by atoms with van der Waals surface area (Å²) >= 11 is 1.40. The van der Waals surface area contributed by atoms with Crippen LogP contribution in [0.4, 0.5) is 0 Å². The van der Waals surface area contributed by atoms with Crippen molar-refractivity contribution in [2.75, 3.05) is 12.9 Å². The van der Waals surface area contributed by atoms with Crippen molar-refractivity contribution < 1.29 is 9.53 Å². The number of hydrogen-bond donors (Lipinski definition) is 1. The number of benzene rings is 2. The predicted molar refractivity (Wildman–Crippen MR) is 132 cm³/mol. The smallest absolute Gasteiger partial charge is 0.250 e. The van der Waals surface area contributed by atoms with Crippen molar-refractivity contribution in [1.29, 1.82) is 0 Å². The highest BCUT2D eigenvalue weighted by atomic mass is 32.2. The number of nitrogens with zero attached hydrogens (tertiary/aromatic N) is 4. The Labute approximate surface area is 198 Å². The zero-order chi connectivity index (χ0) is 23.0. The van der Waals surface area contributed by atoms with Crippen LogP contribution in [0, 0.1) is 6.92 Å². The molecule has 1 heterocycles. The van der Waals surface area contributed by atoms with Gasteiger partial charge in [-0.25, -0.2) is 5.43 Å². The summed E-state index contributed by atoms with van der Waals surface area (Å²) in [5.74, 6) is 1.65. The van der Waals surface area contributed by atoms with E-state index in [9.17, 15) is 4.79 Å². The number of aryl methyl sites for hydroxylation is 1. The molecule has 1 saturated carbocycles. The van der Waals surface area contributed by atoms with Gasteiger partial charge in [-0.1, -0.05) is 73.0 Å². The Bertz CT molecular complexity index is 1100. The first kappa shape index (κ1) is 23.0. The molecule has 1 aliphatic carbocycles. The molecule has 0 atom stereocenters. The number of hydrazone groups is 1. The SMILES string of the molecule is COc1cccc(/C=N\NC(=O)CSc2nnc(-c3ccc(C)cc3)n2C2CCCCC2)c1. The number of carbonyl (C=O) groups is 1. The molecule has 1 aliphatic rings. The van der Waals surface area contributed by atoms with Gasteiger partial charge in [0.15, 0.2) is 11.0 Å². The van der Waals surface area contributed by atoms with Gasteiger partial charge < -0.3 is 4.74 Å². The maximum atomic E-state index is 12.4. The summed E-state index contributed by atoms with van der Waals surface area (Å²) < 4.78 is 7.44. The Morgan fingerprint density at radius 3 is 2.73 bits per heavy atom. The van der Waals surface area contributed by atoms with E-state index >= 15 is 0 Å². The van der Waals surface area contributed by atoms with Crippen molar-refractivity contribution >= 4 is 23.9 Å². The maximum Gasteiger partial charge on any atom is 0.250 e. The minimum absolute atomic E-state index is 0.186. The summed E-state index contributed by atoms with van der Waals surface area (Å²) in [6.07, 6.45) is 7.52. The number of hydrogen-bond acceptors (Lipinski definition) is 6. The Hall–Kier alpha value is -3.13. The van der Waals surface area contributed by atoms with Crippen molar-refractivity contribution in [3.8, 4) is 17.1 Å². The van der Waals surface area contributed by atoms with Crippen LogP contribution in [0.25, 0.3) is 11.4 Å². The normalized spacial score (nSPS) is 14.5. The Morgan fingerprint density at radius 2 is 1.97 bits per heavy atom. The first-order valence-corrected chi connectivity index (χ1v) is 12.2. The van der Waals surface area contributed by atoms with Crippen LogP contribution < -0.4 is 10.2 Å². The monoisotopic (exact) mass is 463 g/mol. The third kappa shape index (κ3) is 6.01. The molecule has 8 heteroatoms. The fourth-order valence-electron chi connectivity index (χ4n) is 4.01. The van der Waals surface area contributed by atoms with Crippen molar-refractivity contribution in [2.45, 2.75) is 50.2 Å².